The molecule has 0 spiro atoms. The summed E-state index contributed by atoms with van der Waals surface area (Å²) in [5.41, 5.74) is 1.24. The summed E-state index contributed by atoms with van der Waals surface area (Å²) in [7, 11) is 1.82. The lowest BCUT2D eigenvalue weighted by molar-refractivity contribution is 0.0743. The van der Waals surface area contributed by atoms with E-state index >= 15 is 0 Å². The molecule has 1 N–H and O–H groups in total. The minimum Gasteiger partial charge on any atom is -0.489 e. The number of nitrogens with one attached hydrogen (secondary N) is 1. The Bertz CT molecular complexity index is 727. The van der Waals surface area contributed by atoms with Crippen LogP contribution in [-0.2, 0) is 0 Å². The van der Waals surface area contributed by atoms with E-state index in [9.17, 15) is 4.79 Å². The first-order chi connectivity index (χ1) is 12.0. The van der Waals surface area contributed by atoms with Crippen molar-refractivity contribution in [1.82, 2.24) is 25.2 Å². The molecule has 7 nitrogen and oxygen atoms in total. The molecular weight excluding hydrogens is 318 g/mol. The summed E-state index contributed by atoms with van der Waals surface area (Å²) in [5.74, 6) is 1.13. The Labute approximate surface area is 147 Å². The van der Waals surface area contributed by atoms with E-state index in [-0.39, 0.29) is 18.1 Å². The lowest BCUT2D eigenvalue weighted by atomic mass is 10.2. The highest BCUT2D eigenvalue weighted by Gasteiger charge is 2.24. The predicted octanol–water partition coefficient (Wildman–Crippen LogP) is 1.76. The summed E-state index contributed by atoms with van der Waals surface area (Å²) in [6, 6.07) is 2.07. The first-order valence-electron chi connectivity index (χ1n) is 8.46. The summed E-state index contributed by atoms with van der Waals surface area (Å²) < 4.78 is 5.64. The third-order valence-electron chi connectivity index (χ3n) is 4.14. The molecule has 3 rings (SSSR count). The van der Waals surface area contributed by atoms with Crippen molar-refractivity contribution in [3.8, 4) is 17.1 Å². The van der Waals surface area contributed by atoms with Gasteiger partial charge in [0, 0.05) is 43.8 Å². The van der Waals surface area contributed by atoms with Crippen molar-refractivity contribution in [3.63, 3.8) is 0 Å². The second-order valence-corrected chi connectivity index (χ2v) is 6.43. The van der Waals surface area contributed by atoms with Gasteiger partial charge in [0.15, 0.2) is 5.82 Å². The van der Waals surface area contributed by atoms with Crippen LogP contribution < -0.4 is 10.1 Å². The maximum absolute atomic E-state index is 12.5. The van der Waals surface area contributed by atoms with E-state index in [1.54, 1.807) is 29.7 Å². The minimum atomic E-state index is -0.0599. The van der Waals surface area contributed by atoms with Gasteiger partial charge in [0.1, 0.15) is 5.75 Å². The fourth-order valence-corrected chi connectivity index (χ4v) is 2.80. The van der Waals surface area contributed by atoms with Crippen molar-refractivity contribution in [3.05, 3.63) is 36.4 Å². The highest BCUT2D eigenvalue weighted by molar-refractivity contribution is 5.93. The van der Waals surface area contributed by atoms with Crippen LogP contribution in [0.5, 0.6) is 5.75 Å². The lowest BCUT2D eigenvalue weighted by Crippen LogP contribution is -2.38. The van der Waals surface area contributed by atoms with Crippen molar-refractivity contribution in [2.75, 3.05) is 20.1 Å². The van der Waals surface area contributed by atoms with E-state index in [4.69, 9.17) is 4.74 Å². The van der Waals surface area contributed by atoms with E-state index in [0.717, 1.165) is 25.1 Å². The van der Waals surface area contributed by atoms with E-state index in [1.165, 1.54) is 0 Å². The zero-order valence-electron chi connectivity index (χ0n) is 14.8. The average Bonchev–Trinajstić information content (AvgIpc) is 3.15. The summed E-state index contributed by atoms with van der Waals surface area (Å²) >= 11 is 0. The van der Waals surface area contributed by atoms with Gasteiger partial charge >= 0.3 is 0 Å². The topological polar surface area (TPSA) is 80.2 Å². The van der Waals surface area contributed by atoms with Gasteiger partial charge in [0.05, 0.1) is 17.9 Å². The molecule has 1 amide bonds. The van der Waals surface area contributed by atoms with Crippen LogP contribution in [0.4, 0.5) is 0 Å². The Hall–Kier alpha value is -2.54. The van der Waals surface area contributed by atoms with Crippen molar-refractivity contribution in [2.45, 2.75) is 32.4 Å². The zero-order chi connectivity index (χ0) is 17.8. The molecule has 1 unspecified atom stereocenters. The van der Waals surface area contributed by atoms with Crippen molar-refractivity contribution in [1.29, 1.82) is 0 Å². The van der Waals surface area contributed by atoms with E-state index in [2.05, 4.69) is 20.3 Å². The molecule has 2 aromatic heterocycles. The second kappa shape index (κ2) is 7.57. The molecule has 3 heterocycles. The van der Waals surface area contributed by atoms with Crippen molar-refractivity contribution >= 4 is 5.91 Å². The van der Waals surface area contributed by atoms with Gasteiger partial charge in [-0.05, 0) is 32.9 Å². The summed E-state index contributed by atoms with van der Waals surface area (Å²) in [5, 5.41) is 3.26. The Morgan fingerprint density at radius 3 is 2.68 bits per heavy atom. The van der Waals surface area contributed by atoms with Crippen LogP contribution in [0.3, 0.4) is 0 Å². The number of aromatic nitrogens is 3. The molecule has 7 heteroatoms. The maximum atomic E-state index is 12.5. The first kappa shape index (κ1) is 17.3. The van der Waals surface area contributed by atoms with Gasteiger partial charge in [0.2, 0.25) is 0 Å². The van der Waals surface area contributed by atoms with Crippen LogP contribution in [0.15, 0.2) is 30.9 Å². The SMILES string of the molecule is CC(C)Oc1cncc(-c2ncc(C(=O)N(C)C3CCNC3)cn2)c1. The lowest BCUT2D eigenvalue weighted by Gasteiger charge is -2.23. The van der Waals surface area contributed by atoms with Gasteiger partial charge in [-0.1, -0.05) is 0 Å². The minimum absolute atomic E-state index is 0.0599. The number of likely N-dealkylation sites (N-methyl/N-ethyl adjacent to an activating group) is 1. The molecule has 1 atom stereocenters. The van der Waals surface area contributed by atoms with Gasteiger partial charge in [-0.25, -0.2) is 9.97 Å². The number of nitrogens with zero attached hydrogens (tertiary/aromatic N) is 4. The largest absolute Gasteiger partial charge is 0.489 e. The number of ether oxygens (including phenoxy) is 1. The molecule has 0 bridgehead atoms. The van der Waals surface area contributed by atoms with Gasteiger partial charge in [-0.3, -0.25) is 9.78 Å². The van der Waals surface area contributed by atoms with Gasteiger partial charge in [-0.2, -0.15) is 0 Å². The fraction of sp³-hybridized carbons (Fsp3) is 0.444. The highest BCUT2D eigenvalue weighted by atomic mass is 16.5. The summed E-state index contributed by atoms with van der Waals surface area (Å²) in [6.45, 7) is 5.69. The van der Waals surface area contributed by atoms with E-state index in [0.29, 0.717) is 17.1 Å². The standard InChI is InChI=1S/C18H23N5O2/c1-12(2)25-16-6-13(7-20-11-16)17-21-8-14(9-22-17)18(24)23(3)15-4-5-19-10-15/h6-9,11-12,15,19H,4-5,10H2,1-3H3. The quantitative estimate of drug-likeness (QED) is 0.893. The molecule has 1 fully saturated rings. The predicted molar refractivity (Wildman–Crippen MR) is 94.4 cm³/mol. The smallest absolute Gasteiger partial charge is 0.257 e. The highest BCUT2D eigenvalue weighted by Crippen LogP contribution is 2.20. The molecule has 2 aromatic rings. The molecule has 0 saturated carbocycles. The van der Waals surface area contributed by atoms with Crippen LogP contribution in [0.2, 0.25) is 0 Å². The van der Waals surface area contributed by atoms with Crippen LogP contribution in [-0.4, -0.2) is 58.0 Å². The van der Waals surface area contributed by atoms with Gasteiger partial charge in [-0.15, -0.1) is 0 Å². The Kier molecular flexibility index (Phi) is 5.23. The molecule has 0 aliphatic carbocycles. The van der Waals surface area contributed by atoms with Crippen LogP contribution in [0.1, 0.15) is 30.6 Å². The number of hydrogen-bond donors (Lipinski definition) is 1. The number of hydrogen-bond acceptors (Lipinski definition) is 6. The van der Waals surface area contributed by atoms with Crippen molar-refractivity contribution < 1.29 is 9.53 Å². The number of rotatable bonds is 5. The summed E-state index contributed by atoms with van der Waals surface area (Å²) in [4.78, 5) is 27.1. The first-order valence-corrected chi connectivity index (χ1v) is 8.46. The fourth-order valence-electron chi connectivity index (χ4n) is 2.80. The normalized spacial score (nSPS) is 16.9. The molecule has 132 valence electrons. The van der Waals surface area contributed by atoms with Gasteiger partial charge < -0.3 is 15.0 Å². The second-order valence-electron chi connectivity index (χ2n) is 6.43. The number of pyridine rings is 1. The monoisotopic (exact) mass is 341 g/mol. The molecule has 1 aliphatic rings. The van der Waals surface area contributed by atoms with Gasteiger partial charge in [0.25, 0.3) is 5.91 Å². The van der Waals surface area contributed by atoms with E-state index < -0.39 is 0 Å². The molecular formula is C18H23N5O2. The Morgan fingerprint density at radius 1 is 1.28 bits per heavy atom. The van der Waals surface area contributed by atoms with E-state index in [1.807, 2.05) is 27.0 Å². The number of carbonyl (C=O) groups is 1. The molecule has 25 heavy (non-hydrogen) atoms. The third-order valence-corrected chi connectivity index (χ3v) is 4.14. The maximum Gasteiger partial charge on any atom is 0.257 e. The molecule has 0 aromatic carbocycles. The Balaban J connectivity index is 1.74. The number of carbonyl (C=O) groups excluding carboxylic acids is 1. The zero-order valence-corrected chi connectivity index (χ0v) is 14.8. The third kappa shape index (κ3) is 4.11. The Morgan fingerprint density at radius 2 is 2.04 bits per heavy atom. The van der Waals surface area contributed by atoms with Crippen LogP contribution in [0.25, 0.3) is 11.4 Å². The van der Waals surface area contributed by atoms with Crippen molar-refractivity contribution in [2.24, 2.45) is 0 Å². The van der Waals surface area contributed by atoms with Crippen LogP contribution in [0, 0.1) is 0 Å². The van der Waals surface area contributed by atoms with Crippen LogP contribution >= 0.6 is 0 Å². The molecule has 0 radical (unpaired) electrons. The average molecular weight is 341 g/mol. The molecule has 1 saturated heterocycles. The number of amides is 1. The molecule has 1 aliphatic heterocycles. The summed E-state index contributed by atoms with van der Waals surface area (Å²) in [6.07, 6.45) is 7.51.